The first-order valence-corrected chi connectivity index (χ1v) is 8.59. The van der Waals surface area contributed by atoms with Crippen LogP contribution in [0.4, 0.5) is 0 Å². The first kappa shape index (κ1) is 14.2. The molecule has 1 unspecified atom stereocenters. The Morgan fingerprint density at radius 3 is 2.70 bits per heavy atom. The minimum atomic E-state index is 0.286. The van der Waals surface area contributed by atoms with E-state index in [9.17, 15) is 0 Å². The largest absolute Gasteiger partial charge is 0.349 e. The van der Waals surface area contributed by atoms with E-state index < -0.39 is 0 Å². The van der Waals surface area contributed by atoms with Gasteiger partial charge in [-0.2, -0.15) is 0 Å². The van der Waals surface area contributed by atoms with Crippen molar-refractivity contribution in [3.63, 3.8) is 0 Å². The topological polar surface area (TPSA) is 30.9 Å². The van der Waals surface area contributed by atoms with E-state index in [4.69, 9.17) is 5.73 Å². The number of aryl methyl sites for hydroxylation is 1. The van der Waals surface area contributed by atoms with Crippen LogP contribution in [0, 0.1) is 18.8 Å². The van der Waals surface area contributed by atoms with Crippen molar-refractivity contribution < 1.29 is 0 Å². The second-order valence-corrected chi connectivity index (χ2v) is 7.25. The maximum atomic E-state index is 6.27. The fraction of sp³-hybridized carbons (Fsp3) is 0.778. The Labute approximate surface area is 123 Å². The molecule has 2 nitrogen and oxygen atoms in total. The summed E-state index contributed by atoms with van der Waals surface area (Å²) in [6.07, 6.45) is 10.8. The normalized spacial score (nSPS) is 30.2. The number of nitrogens with two attached hydrogens (primary N) is 1. The maximum Gasteiger partial charge on any atom is 0.0313 e. The Morgan fingerprint density at radius 1 is 1.20 bits per heavy atom. The van der Waals surface area contributed by atoms with Crippen LogP contribution in [0.1, 0.15) is 74.9 Å². The van der Waals surface area contributed by atoms with Crippen LogP contribution in [-0.4, -0.2) is 4.57 Å². The summed E-state index contributed by atoms with van der Waals surface area (Å²) in [5.41, 5.74) is 10.7. The molecule has 1 fully saturated rings. The van der Waals surface area contributed by atoms with Crippen LogP contribution in [0.25, 0.3) is 0 Å². The van der Waals surface area contributed by atoms with E-state index in [0.717, 1.165) is 18.3 Å². The van der Waals surface area contributed by atoms with Crippen LogP contribution < -0.4 is 5.73 Å². The zero-order valence-corrected chi connectivity index (χ0v) is 13.2. The molecule has 0 bridgehead atoms. The Hall–Kier alpha value is -0.760. The van der Waals surface area contributed by atoms with Crippen molar-refractivity contribution in [2.75, 3.05) is 0 Å². The Morgan fingerprint density at radius 2 is 1.95 bits per heavy atom. The molecule has 0 spiro atoms. The molecule has 1 aromatic rings. The summed E-state index contributed by atoms with van der Waals surface area (Å²) in [7, 11) is 0. The monoisotopic (exact) mass is 274 g/mol. The molecule has 1 heterocycles. The fourth-order valence-electron chi connectivity index (χ4n) is 4.24. The molecule has 0 aliphatic heterocycles. The smallest absolute Gasteiger partial charge is 0.0313 e. The third-order valence-electron chi connectivity index (χ3n) is 5.67. The molecule has 2 N–H and O–H groups in total. The molecule has 1 aromatic heterocycles. The van der Waals surface area contributed by atoms with Crippen LogP contribution >= 0.6 is 0 Å². The van der Waals surface area contributed by atoms with E-state index in [-0.39, 0.29) is 6.04 Å². The third kappa shape index (κ3) is 2.81. The second kappa shape index (κ2) is 5.93. The van der Waals surface area contributed by atoms with Crippen LogP contribution in [-0.2, 0) is 13.0 Å². The van der Waals surface area contributed by atoms with Crippen molar-refractivity contribution in [3.05, 3.63) is 23.0 Å². The highest BCUT2D eigenvalue weighted by molar-refractivity contribution is 5.32. The Kier molecular flexibility index (Phi) is 4.21. The van der Waals surface area contributed by atoms with Crippen LogP contribution in [0.5, 0.6) is 0 Å². The summed E-state index contributed by atoms with van der Waals surface area (Å²) >= 11 is 0. The highest BCUT2D eigenvalue weighted by atomic mass is 15.0. The Bertz CT molecular complexity index is 452. The minimum Gasteiger partial charge on any atom is -0.349 e. The zero-order chi connectivity index (χ0) is 14.1. The summed E-state index contributed by atoms with van der Waals surface area (Å²) in [6.45, 7) is 5.88. The summed E-state index contributed by atoms with van der Waals surface area (Å²) in [6, 6.07) is 2.64. The SMILES string of the molecule is Cc1cc2c(n1CCC1CCC(C)CC1)CCCC2N. The first-order chi connectivity index (χ1) is 9.65. The van der Waals surface area contributed by atoms with Gasteiger partial charge in [-0.25, -0.2) is 0 Å². The summed E-state index contributed by atoms with van der Waals surface area (Å²) < 4.78 is 2.58. The van der Waals surface area contributed by atoms with Gasteiger partial charge >= 0.3 is 0 Å². The van der Waals surface area contributed by atoms with E-state index in [1.807, 2.05) is 0 Å². The van der Waals surface area contributed by atoms with Gasteiger partial charge in [-0.1, -0.05) is 32.6 Å². The van der Waals surface area contributed by atoms with E-state index in [2.05, 4.69) is 24.5 Å². The highest BCUT2D eigenvalue weighted by Crippen LogP contribution is 2.33. The van der Waals surface area contributed by atoms with Crippen LogP contribution in [0.2, 0.25) is 0 Å². The molecule has 112 valence electrons. The van der Waals surface area contributed by atoms with Gasteiger partial charge in [0.25, 0.3) is 0 Å². The third-order valence-corrected chi connectivity index (χ3v) is 5.67. The number of fused-ring (bicyclic) bond motifs is 1. The molecule has 1 saturated carbocycles. The molecule has 0 saturated heterocycles. The van der Waals surface area contributed by atoms with Crippen molar-refractivity contribution >= 4 is 0 Å². The highest BCUT2D eigenvalue weighted by Gasteiger charge is 2.23. The van der Waals surface area contributed by atoms with Gasteiger partial charge in [0.15, 0.2) is 0 Å². The van der Waals surface area contributed by atoms with Gasteiger partial charge in [-0.05, 0) is 56.1 Å². The van der Waals surface area contributed by atoms with Crippen molar-refractivity contribution in [1.82, 2.24) is 4.57 Å². The molecule has 2 aliphatic rings. The lowest BCUT2D eigenvalue weighted by molar-refractivity contribution is 0.267. The fourth-order valence-corrected chi connectivity index (χ4v) is 4.24. The van der Waals surface area contributed by atoms with Gasteiger partial charge in [0.05, 0.1) is 0 Å². The molecule has 1 atom stereocenters. The molecular formula is C18H30N2. The first-order valence-electron chi connectivity index (χ1n) is 8.59. The van der Waals surface area contributed by atoms with Gasteiger partial charge in [0.1, 0.15) is 0 Å². The number of nitrogens with zero attached hydrogens (tertiary/aromatic N) is 1. The van der Waals surface area contributed by atoms with E-state index in [1.165, 1.54) is 62.7 Å². The maximum absolute atomic E-state index is 6.27. The predicted octanol–water partition coefficient (Wildman–Crippen LogP) is 4.35. The lowest BCUT2D eigenvalue weighted by Gasteiger charge is -2.27. The van der Waals surface area contributed by atoms with Gasteiger partial charge in [-0.15, -0.1) is 0 Å². The van der Waals surface area contributed by atoms with Crippen molar-refractivity contribution in [2.45, 2.75) is 77.8 Å². The van der Waals surface area contributed by atoms with Crippen LogP contribution in [0.3, 0.4) is 0 Å². The standard InChI is InChI=1S/C18H30N2/c1-13-6-8-15(9-7-13)10-11-20-14(2)12-16-17(19)4-3-5-18(16)20/h12-13,15,17H,3-11,19H2,1-2H3. The molecule has 0 radical (unpaired) electrons. The zero-order valence-electron chi connectivity index (χ0n) is 13.2. The van der Waals surface area contributed by atoms with Crippen molar-refractivity contribution in [2.24, 2.45) is 17.6 Å². The van der Waals surface area contributed by atoms with E-state index >= 15 is 0 Å². The molecule has 2 heteroatoms. The average molecular weight is 274 g/mol. The van der Waals surface area contributed by atoms with Gasteiger partial charge < -0.3 is 10.3 Å². The molecule has 0 amide bonds. The molecule has 0 aromatic carbocycles. The Balaban J connectivity index is 1.66. The number of hydrogen-bond donors (Lipinski definition) is 1. The van der Waals surface area contributed by atoms with Crippen LogP contribution in [0.15, 0.2) is 6.07 Å². The number of rotatable bonds is 3. The van der Waals surface area contributed by atoms with E-state index in [0.29, 0.717) is 0 Å². The summed E-state index contributed by atoms with van der Waals surface area (Å²) in [5.74, 6) is 1.92. The van der Waals surface area contributed by atoms with Gasteiger partial charge in [0.2, 0.25) is 0 Å². The summed E-state index contributed by atoms with van der Waals surface area (Å²) in [4.78, 5) is 0. The molecule has 20 heavy (non-hydrogen) atoms. The minimum absolute atomic E-state index is 0.286. The lowest BCUT2D eigenvalue weighted by Crippen LogP contribution is -2.19. The predicted molar refractivity (Wildman–Crippen MR) is 84.8 cm³/mol. The van der Waals surface area contributed by atoms with Crippen molar-refractivity contribution in [3.8, 4) is 0 Å². The molecular weight excluding hydrogens is 244 g/mol. The number of aromatic nitrogens is 1. The summed E-state index contributed by atoms with van der Waals surface area (Å²) in [5, 5.41) is 0. The molecule has 3 rings (SSSR count). The second-order valence-electron chi connectivity index (χ2n) is 7.25. The van der Waals surface area contributed by atoms with E-state index in [1.54, 1.807) is 5.69 Å². The van der Waals surface area contributed by atoms with Gasteiger partial charge in [-0.3, -0.25) is 0 Å². The molecule has 2 aliphatic carbocycles. The number of hydrogen-bond acceptors (Lipinski definition) is 1. The average Bonchev–Trinajstić information content (AvgIpc) is 2.76. The quantitative estimate of drug-likeness (QED) is 0.873. The van der Waals surface area contributed by atoms with Crippen molar-refractivity contribution in [1.29, 1.82) is 0 Å². The van der Waals surface area contributed by atoms with Gasteiger partial charge in [0, 0.05) is 24.0 Å². The lowest BCUT2D eigenvalue weighted by atomic mass is 9.81.